The van der Waals surface area contributed by atoms with Crippen LogP contribution in [-0.4, -0.2) is 34.9 Å². The summed E-state index contributed by atoms with van der Waals surface area (Å²) in [7, 11) is 4.01. The maximum atomic E-state index is 12.2. The normalized spacial score (nSPS) is 13.1. The Hall–Kier alpha value is -1.09. The molecule has 1 rings (SSSR count). The Balaban J connectivity index is 2.80. The molecule has 1 heterocycles. The van der Waals surface area contributed by atoms with Crippen LogP contribution in [0.1, 0.15) is 42.0 Å². The summed E-state index contributed by atoms with van der Waals surface area (Å²) in [6.07, 6.45) is 1.07. The third-order valence-corrected chi connectivity index (χ3v) is 3.81. The first-order chi connectivity index (χ1) is 7.88. The van der Waals surface area contributed by atoms with Gasteiger partial charge in [0.2, 0.25) is 0 Å². The molecule has 0 saturated carbocycles. The monoisotopic (exact) mass is 236 g/mol. The lowest BCUT2D eigenvalue weighted by molar-refractivity contribution is 0.0922. The minimum atomic E-state index is 0.217. The SMILES string of the molecule is CCC(C)N(C)CC(=O)c1cc(C)n(C)c1C. The molecule has 0 aliphatic heterocycles. The Morgan fingerprint density at radius 2 is 2.06 bits per heavy atom. The van der Waals surface area contributed by atoms with Gasteiger partial charge in [0.1, 0.15) is 0 Å². The molecule has 0 amide bonds. The Morgan fingerprint density at radius 1 is 1.47 bits per heavy atom. The van der Waals surface area contributed by atoms with E-state index in [4.69, 9.17) is 0 Å². The van der Waals surface area contributed by atoms with E-state index in [-0.39, 0.29) is 5.78 Å². The lowest BCUT2D eigenvalue weighted by atomic mass is 10.1. The van der Waals surface area contributed by atoms with Gasteiger partial charge >= 0.3 is 0 Å². The molecular formula is C14H24N2O. The number of hydrogen-bond acceptors (Lipinski definition) is 2. The summed E-state index contributed by atoms with van der Waals surface area (Å²) in [4.78, 5) is 14.3. The highest BCUT2D eigenvalue weighted by atomic mass is 16.1. The number of carbonyl (C=O) groups excluding carboxylic acids is 1. The number of aryl methyl sites for hydroxylation is 1. The van der Waals surface area contributed by atoms with Crippen LogP contribution in [0.4, 0.5) is 0 Å². The van der Waals surface area contributed by atoms with Crippen molar-refractivity contribution in [3.8, 4) is 0 Å². The zero-order valence-electron chi connectivity index (χ0n) is 11.9. The molecule has 0 bridgehead atoms. The minimum Gasteiger partial charge on any atom is -0.351 e. The fraction of sp³-hybridized carbons (Fsp3) is 0.643. The largest absolute Gasteiger partial charge is 0.351 e. The predicted molar refractivity (Wildman–Crippen MR) is 71.6 cm³/mol. The standard InChI is InChI=1S/C14H24N2O/c1-7-10(2)15(5)9-14(17)13-8-11(3)16(6)12(13)4/h8,10H,7,9H2,1-6H3. The molecule has 0 N–H and O–H groups in total. The van der Waals surface area contributed by atoms with Gasteiger partial charge in [-0.05, 0) is 40.3 Å². The molecule has 3 heteroatoms. The van der Waals surface area contributed by atoms with E-state index in [0.29, 0.717) is 12.6 Å². The van der Waals surface area contributed by atoms with Gasteiger partial charge in [0.15, 0.2) is 5.78 Å². The van der Waals surface area contributed by atoms with Crippen LogP contribution in [0, 0.1) is 13.8 Å². The number of likely N-dealkylation sites (N-methyl/N-ethyl adjacent to an activating group) is 1. The summed E-state index contributed by atoms with van der Waals surface area (Å²) in [6, 6.07) is 2.44. The van der Waals surface area contributed by atoms with Crippen LogP contribution in [0.25, 0.3) is 0 Å². The van der Waals surface area contributed by atoms with Crippen molar-refractivity contribution in [1.29, 1.82) is 0 Å². The quantitative estimate of drug-likeness (QED) is 0.734. The zero-order valence-corrected chi connectivity index (χ0v) is 11.9. The van der Waals surface area contributed by atoms with E-state index in [0.717, 1.165) is 23.4 Å². The average molecular weight is 236 g/mol. The fourth-order valence-corrected chi connectivity index (χ4v) is 1.92. The third-order valence-electron chi connectivity index (χ3n) is 3.81. The molecular weight excluding hydrogens is 212 g/mol. The van der Waals surface area contributed by atoms with Crippen molar-refractivity contribution in [2.75, 3.05) is 13.6 Å². The van der Waals surface area contributed by atoms with Crippen molar-refractivity contribution >= 4 is 5.78 Å². The molecule has 1 atom stereocenters. The molecule has 3 nitrogen and oxygen atoms in total. The molecule has 0 fully saturated rings. The van der Waals surface area contributed by atoms with E-state index in [1.165, 1.54) is 0 Å². The number of carbonyl (C=O) groups is 1. The first kappa shape index (κ1) is 14.0. The Kier molecular flexibility index (Phi) is 4.52. The van der Waals surface area contributed by atoms with Crippen LogP contribution in [0.3, 0.4) is 0 Å². The van der Waals surface area contributed by atoms with Gasteiger partial charge < -0.3 is 4.57 Å². The van der Waals surface area contributed by atoms with Gasteiger partial charge in [-0.15, -0.1) is 0 Å². The summed E-state index contributed by atoms with van der Waals surface area (Å²) in [5, 5.41) is 0. The highest BCUT2D eigenvalue weighted by Gasteiger charge is 2.17. The molecule has 1 unspecified atom stereocenters. The summed E-state index contributed by atoms with van der Waals surface area (Å²) >= 11 is 0. The molecule has 96 valence electrons. The van der Waals surface area contributed by atoms with Crippen molar-refractivity contribution < 1.29 is 4.79 Å². The van der Waals surface area contributed by atoms with Crippen molar-refractivity contribution in [2.24, 2.45) is 7.05 Å². The van der Waals surface area contributed by atoms with E-state index in [1.807, 2.05) is 34.0 Å². The van der Waals surface area contributed by atoms with Crippen LogP contribution >= 0.6 is 0 Å². The van der Waals surface area contributed by atoms with Gasteiger partial charge in [-0.2, -0.15) is 0 Å². The van der Waals surface area contributed by atoms with Crippen LogP contribution in [0.15, 0.2) is 6.07 Å². The maximum Gasteiger partial charge on any atom is 0.178 e. The summed E-state index contributed by atoms with van der Waals surface area (Å²) in [5.74, 6) is 0.217. The molecule has 0 aliphatic carbocycles. The molecule has 17 heavy (non-hydrogen) atoms. The molecule has 1 aromatic rings. The maximum absolute atomic E-state index is 12.2. The Labute approximate surface area is 104 Å². The first-order valence-corrected chi connectivity index (χ1v) is 6.24. The van der Waals surface area contributed by atoms with E-state index in [2.05, 4.69) is 23.3 Å². The Bertz CT molecular complexity index is 407. The van der Waals surface area contributed by atoms with Gasteiger partial charge in [0.25, 0.3) is 0 Å². The molecule has 0 radical (unpaired) electrons. The molecule has 0 aromatic carbocycles. The zero-order chi connectivity index (χ0) is 13.2. The first-order valence-electron chi connectivity index (χ1n) is 6.24. The Morgan fingerprint density at radius 3 is 2.47 bits per heavy atom. The van der Waals surface area contributed by atoms with Gasteiger partial charge in [0.05, 0.1) is 6.54 Å². The lowest BCUT2D eigenvalue weighted by Crippen LogP contribution is -2.33. The predicted octanol–water partition coefficient (Wildman–Crippen LogP) is 2.55. The van der Waals surface area contributed by atoms with Crippen LogP contribution < -0.4 is 0 Å². The highest BCUT2D eigenvalue weighted by molar-refractivity contribution is 5.99. The van der Waals surface area contributed by atoms with Gasteiger partial charge in [-0.3, -0.25) is 9.69 Å². The van der Waals surface area contributed by atoms with Crippen molar-refractivity contribution in [1.82, 2.24) is 9.47 Å². The number of hydrogen-bond donors (Lipinski definition) is 0. The molecule has 0 spiro atoms. The van der Waals surface area contributed by atoms with E-state index in [9.17, 15) is 4.79 Å². The van der Waals surface area contributed by atoms with Gasteiger partial charge in [-0.25, -0.2) is 0 Å². The number of rotatable bonds is 5. The smallest absolute Gasteiger partial charge is 0.178 e. The van der Waals surface area contributed by atoms with Gasteiger partial charge in [0, 0.05) is 30.0 Å². The van der Waals surface area contributed by atoms with Crippen LogP contribution in [0.5, 0.6) is 0 Å². The third kappa shape index (κ3) is 2.97. The lowest BCUT2D eigenvalue weighted by Gasteiger charge is -2.22. The van der Waals surface area contributed by atoms with Crippen LogP contribution in [0.2, 0.25) is 0 Å². The number of Topliss-reactive ketones (excluding diaryl/α,β-unsaturated/α-hetero) is 1. The molecule has 1 aromatic heterocycles. The second kappa shape index (κ2) is 5.50. The number of nitrogens with zero attached hydrogens (tertiary/aromatic N) is 2. The fourth-order valence-electron chi connectivity index (χ4n) is 1.92. The van der Waals surface area contributed by atoms with Crippen molar-refractivity contribution in [3.05, 3.63) is 23.0 Å². The topological polar surface area (TPSA) is 25.2 Å². The minimum absolute atomic E-state index is 0.217. The van der Waals surface area contributed by atoms with Crippen molar-refractivity contribution in [2.45, 2.75) is 40.2 Å². The molecule has 0 aliphatic rings. The summed E-state index contributed by atoms with van der Waals surface area (Å²) in [5.41, 5.74) is 3.06. The summed E-state index contributed by atoms with van der Waals surface area (Å²) in [6.45, 7) is 8.82. The van der Waals surface area contributed by atoms with E-state index < -0.39 is 0 Å². The second-order valence-electron chi connectivity index (χ2n) is 4.94. The van der Waals surface area contributed by atoms with E-state index in [1.54, 1.807) is 0 Å². The van der Waals surface area contributed by atoms with Gasteiger partial charge in [-0.1, -0.05) is 6.92 Å². The second-order valence-corrected chi connectivity index (χ2v) is 4.94. The van der Waals surface area contributed by atoms with E-state index >= 15 is 0 Å². The molecule has 0 saturated heterocycles. The number of ketones is 1. The van der Waals surface area contributed by atoms with Crippen molar-refractivity contribution in [3.63, 3.8) is 0 Å². The average Bonchev–Trinajstić information content (AvgIpc) is 2.55. The highest BCUT2D eigenvalue weighted by Crippen LogP contribution is 2.14. The number of aromatic nitrogens is 1. The van der Waals surface area contributed by atoms with Crippen LogP contribution in [-0.2, 0) is 7.05 Å². The summed E-state index contributed by atoms with van der Waals surface area (Å²) < 4.78 is 2.07.